The van der Waals surface area contributed by atoms with E-state index < -0.39 is 0 Å². The van der Waals surface area contributed by atoms with Crippen molar-refractivity contribution in [2.45, 2.75) is 13.3 Å². The highest BCUT2D eigenvalue weighted by Gasteiger charge is 2.09. The fraction of sp³-hybridized carbons (Fsp3) is 0.200. The van der Waals surface area contributed by atoms with Crippen molar-refractivity contribution in [3.05, 3.63) is 66.3 Å². The minimum atomic E-state index is -0.326. The molecule has 1 aromatic carbocycles. The van der Waals surface area contributed by atoms with Crippen LogP contribution >= 0.6 is 0 Å². The molecule has 6 nitrogen and oxygen atoms in total. The quantitative estimate of drug-likeness (QED) is 0.595. The average molecular weight is 364 g/mol. The van der Waals surface area contributed by atoms with Gasteiger partial charge in [0.05, 0.1) is 31.8 Å². The van der Waals surface area contributed by atoms with Crippen molar-refractivity contribution < 1.29 is 13.9 Å². The summed E-state index contributed by atoms with van der Waals surface area (Å²) < 4.78 is 24.5. The molecule has 3 aromatic rings. The molecule has 2 aromatic heterocycles. The lowest BCUT2D eigenvalue weighted by atomic mass is 10.1. The van der Waals surface area contributed by atoms with E-state index in [-0.39, 0.29) is 11.5 Å². The first kappa shape index (κ1) is 18.3. The highest BCUT2D eigenvalue weighted by molar-refractivity contribution is 5.70. The summed E-state index contributed by atoms with van der Waals surface area (Å²) in [7, 11) is 0. The van der Waals surface area contributed by atoms with Crippen LogP contribution in [0.15, 0.2) is 48.9 Å². The summed E-state index contributed by atoms with van der Waals surface area (Å²) in [5.74, 6) is 1.49. The van der Waals surface area contributed by atoms with E-state index in [4.69, 9.17) is 14.7 Å². The van der Waals surface area contributed by atoms with E-state index in [2.05, 4.69) is 15.0 Å². The zero-order valence-corrected chi connectivity index (χ0v) is 14.7. The lowest BCUT2D eigenvalue weighted by molar-refractivity contribution is 0.246. The van der Waals surface area contributed by atoms with Crippen LogP contribution in [0.25, 0.3) is 11.1 Å². The van der Waals surface area contributed by atoms with E-state index in [0.717, 1.165) is 5.56 Å². The van der Waals surface area contributed by atoms with Crippen LogP contribution in [-0.4, -0.2) is 28.2 Å². The molecule has 0 bridgehead atoms. The number of halogens is 1. The highest BCUT2D eigenvalue weighted by Crippen LogP contribution is 2.30. The first-order valence-electron chi connectivity index (χ1n) is 8.36. The van der Waals surface area contributed by atoms with Gasteiger partial charge in [-0.05, 0) is 30.7 Å². The minimum Gasteiger partial charge on any atom is -0.491 e. The van der Waals surface area contributed by atoms with Crippen molar-refractivity contribution in [2.75, 3.05) is 13.2 Å². The molecule has 0 aliphatic heterocycles. The van der Waals surface area contributed by atoms with Crippen LogP contribution in [-0.2, 0) is 0 Å². The predicted molar refractivity (Wildman–Crippen MR) is 96.7 cm³/mol. The Morgan fingerprint density at radius 3 is 2.41 bits per heavy atom. The maximum atomic E-state index is 13.2. The first-order valence-corrected chi connectivity index (χ1v) is 8.36. The molecule has 7 heteroatoms. The van der Waals surface area contributed by atoms with Crippen molar-refractivity contribution in [1.29, 1.82) is 5.26 Å². The number of nitrogens with zero attached hydrogens (tertiary/aromatic N) is 4. The zero-order chi connectivity index (χ0) is 19.1. The van der Waals surface area contributed by atoms with Gasteiger partial charge in [-0.3, -0.25) is 0 Å². The number of aromatic nitrogens is 3. The van der Waals surface area contributed by atoms with Gasteiger partial charge in [0.1, 0.15) is 29.2 Å². The number of pyridine rings is 1. The third-order valence-corrected chi connectivity index (χ3v) is 3.71. The summed E-state index contributed by atoms with van der Waals surface area (Å²) >= 11 is 0. The number of hydrogen-bond donors (Lipinski definition) is 0. The summed E-state index contributed by atoms with van der Waals surface area (Å²) in [6.07, 6.45) is 5.39. The van der Waals surface area contributed by atoms with E-state index in [0.29, 0.717) is 42.5 Å². The number of benzene rings is 1. The van der Waals surface area contributed by atoms with Gasteiger partial charge in [0.2, 0.25) is 0 Å². The molecule has 2 heterocycles. The van der Waals surface area contributed by atoms with E-state index >= 15 is 0 Å². The Morgan fingerprint density at radius 2 is 1.70 bits per heavy atom. The van der Waals surface area contributed by atoms with E-state index in [9.17, 15) is 4.39 Å². The Hall–Kier alpha value is -3.53. The van der Waals surface area contributed by atoms with Gasteiger partial charge in [-0.15, -0.1) is 0 Å². The fourth-order valence-electron chi connectivity index (χ4n) is 2.36. The molecule has 0 radical (unpaired) electrons. The van der Waals surface area contributed by atoms with Crippen LogP contribution in [0, 0.1) is 24.1 Å². The van der Waals surface area contributed by atoms with E-state index in [1.807, 2.05) is 13.0 Å². The molecule has 0 saturated heterocycles. The van der Waals surface area contributed by atoms with Gasteiger partial charge in [0.25, 0.3) is 0 Å². The van der Waals surface area contributed by atoms with Gasteiger partial charge in [0.15, 0.2) is 5.75 Å². The molecule has 0 aliphatic carbocycles. The van der Waals surface area contributed by atoms with Crippen LogP contribution in [0.1, 0.15) is 17.9 Å². The first-order chi connectivity index (χ1) is 13.2. The second-order valence-electron chi connectivity index (χ2n) is 5.70. The molecule has 0 fully saturated rings. The molecular weight excluding hydrogens is 347 g/mol. The van der Waals surface area contributed by atoms with Gasteiger partial charge in [-0.25, -0.2) is 19.3 Å². The Labute approximate surface area is 156 Å². The molecule has 0 amide bonds. The van der Waals surface area contributed by atoms with Crippen molar-refractivity contribution in [3.8, 4) is 28.7 Å². The number of hydrogen-bond acceptors (Lipinski definition) is 6. The van der Waals surface area contributed by atoms with Gasteiger partial charge in [-0.1, -0.05) is 12.1 Å². The molecule has 3 rings (SSSR count). The van der Waals surface area contributed by atoms with Gasteiger partial charge in [0, 0.05) is 12.0 Å². The van der Waals surface area contributed by atoms with Gasteiger partial charge < -0.3 is 9.47 Å². The maximum Gasteiger partial charge on any atom is 0.155 e. The van der Waals surface area contributed by atoms with Crippen molar-refractivity contribution in [3.63, 3.8) is 0 Å². The molecule has 0 unspecified atom stereocenters. The molecule has 0 atom stereocenters. The van der Waals surface area contributed by atoms with Crippen LogP contribution in [0.4, 0.5) is 4.39 Å². The molecule has 136 valence electrons. The number of nitriles is 1. The molecule has 0 aliphatic rings. The van der Waals surface area contributed by atoms with Gasteiger partial charge >= 0.3 is 0 Å². The molecule has 0 N–H and O–H groups in total. The van der Waals surface area contributed by atoms with Crippen LogP contribution in [0.3, 0.4) is 0 Å². The summed E-state index contributed by atoms with van der Waals surface area (Å²) in [5, 5.41) is 9.08. The van der Waals surface area contributed by atoms with Crippen molar-refractivity contribution in [2.24, 2.45) is 0 Å². The third kappa shape index (κ3) is 4.98. The Kier molecular flexibility index (Phi) is 5.90. The topological polar surface area (TPSA) is 80.9 Å². The molecular formula is C20H17FN4O2. The normalized spacial score (nSPS) is 10.3. The van der Waals surface area contributed by atoms with Crippen LogP contribution in [0.5, 0.6) is 11.5 Å². The molecule has 0 spiro atoms. The summed E-state index contributed by atoms with van der Waals surface area (Å²) in [6, 6.07) is 9.63. The van der Waals surface area contributed by atoms with Crippen molar-refractivity contribution in [1.82, 2.24) is 15.0 Å². The summed E-state index contributed by atoms with van der Waals surface area (Å²) in [5.41, 5.74) is 1.71. The summed E-state index contributed by atoms with van der Waals surface area (Å²) in [4.78, 5) is 12.2. The Balaban J connectivity index is 1.61. The van der Waals surface area contributed by atoms with Gasteiger partial charge in [-0.2, -0.15) is 5.26 Å². The number of rotatable bonds is 7. The second-order valence-corrected chi connectivity index (χ2v) is 5.70. The summed E-state index contributed by atoms with van der Waals surface area (Å²) in [6.45, 7) is 2.65. The fourth-order valence-corrected chi connectivity index (χ4v) is 2.36. The average Bonchev–Trinajstić information content (AvgIpc) is 2.70. The minimum absolute atomic E-state index is 0.268. The van der Waals surface area contributed by atoms with Crippen LogP contribution in [0.2, 0.25) is 0 Å². The van der Waals surface area contributed by atoms with Crippen molar-refractivity contribution >= 4 is 0 Å². The number of ether oxygens (including phenoxy) is 2. The molecule has 27 heavy (non-hydrogen) atoms. The smallest absolute Gasteiger partial charge is 0.155 e. The lowest BCUT2D eigenvalue weighted by Crippen LogP contribution is -2.06. The third-order valence-electron chi connectivity index (χ3n) is 3.71. The standard InChI is InChI=1S/C20H17FN4O2/c1-14-23-11-18(12-24-14)26-7-2-8-27-20-13-25-17(10-22)9-19(20)15-3-5-16(21)6-4-15/h3-6,9,11-13H,2,7-8H2,1H3. The predicted octanol–water partition coefficient (Wildman–Crippen LogP) is 3.71. The van der Waals surface area contributed by atoms with E-state index in [1.54, 1.807) is 30.6 Å². The SMILES string of the molecule is Cc1ncc(OCCCOc2cnc(C#N)cc2-c2ccc(F)cc2)cn1. The lowest BCUT2D eigenvalue weighted by Gasteiger charge is -2.12. The maximum absolute atomic E-state index is 13.2. The van der Waals surface area contributed by atoms with E-state index in [1.165, 1.54) is 18.3 Å². The molecule has 0 saturated carbocycles. The Bertz CT molecular complexity index is 938. The Morgan fingerprint density at radius 1 is 1.00 bits per heavy atom. The monoisotopic (exact) mass is 364 g/mol. The zero-order valence-electron chi connectivity index (χ0n) is 14.7. The highest BCUT2D eigenvalue weighted by atomic mass is 19.1. The number of aryl methyl sites for hydroxylation is 1. The largest absolute Gasteiger partial charge is 0.491 e. The second kappa shape index (κ2) is 8.72. The van der Waals surface area contributed by atoms with Crippen LogP contribution < -0.4 is 9.47 Å².